The predicted octanol–water partition coefficient (Wildman–Crippen LogP) is 5.34. The molecule has 0 aliphatic carbocycles. The molecule has 1 aliphatic rings. The van der Waals surface area contributed by atoms with Crippen LogP contribution in [0.4, 0.5) is 20.2 Å². The third-order valence-corrected chi connectivity index (χ3v) is 4.78. The summed E-state index contributed by atoms with van der Waals surface area (Å²) in [7, 11) is 2.03. The van der Waals surface area contributed by atoms with Gasteiger partial charge < -0.3 is 15.0 Å². The molecule has 1 heterocycles. The van der Waals surface area contributed by atoms with Crippen molar-refractivity contribution in [1.29, 1.82) is 0 Å². The lowest BCUT2D eigenvalue weighted by atomic mass is 9.84. The zero-order chi connectivity index (χ0) is 18.9. The van der Waals surface area contributed by atoms with Gasteiger partial charge in [0.1, 0.15) is 10.7 Å². The quantitative estimate of drug-likeness (QED) is 0.577. The Bertz CT molecular complexity index is 847. The first-order chi connectivity index (χ1) is 12.3. The number of nitrogens with zero attached hydrogens (tertiary/aromatic N) is 1. The Morgan fingerprint density at radius 3 is 2.42 bits per heavy atom. The Morgan fingerprint density at radius 2 is 1.81 bits per heavy atom. The van der Waals surface area contributed by atoms with E-state index in [-0.39, 0.29) is 11.2 Å². The van der Waals surface area contributed by atoms with E-state index in [2.05, 4.69) is 40.9 Å². The van der Waals surface area contributed by atoms with E-state index < -0.39 is 6.61 Å². The molecule has 0 aromatic heterocycles. The van der Waals surface area contributed by atoms with Crippen LogP contribution >= 0.6 is 12.2 Å². The van der Waals surface area contributed by atoms with Crippen molar-refractivity contribution in [3.05, 3.63) is 65.9 Å². The number of anilines is 2. The summed E-state index contributed by atoms with van der Waals surface area (Å²) in [6, 6.07) is 14.5. The van der Waals surface area contributed by atoms with Gasteiger partial charge in [-0.3, -0.25) is 0 Å². The van der Waals surface area contributed by atoms with Crippen molar-refractivity contribution in [2.75, 3.05) is 17.3 Å². The fourth-order valence-corrected chi connectivity index (χ4v) is 3.51. The minimum absolute atomic E-state index is 0.113. The minimum Gasteiger partial charge on any atom is -0.435 e. The smallest absolute Gasteiger partial charge is 0.387 e. The van der Waals surface area contributed by atoms with E-state index in [1.54, 1.807) is 12.1 Å². The number of fused-ring (bicyclic) bond motifs is 1. The van der Waals surface area contributed by atoms with Crippen LogP contribution in [0.2, 0.25) is 0 Å². The van der Waals surface area contributed by atoms with Gasteiger partial charge in [-0.1, -0.05) is 44.3 Å². The van der Waals surface area contributed by atoms with Gasteiger partial charge in [-0.05, 0) is 42.0 Å². The summed E-state index contributed by atoms with van der Waals surface area (Å²) in [6.45, 7) is 1.50. The molecule has 0 spiro atoms. The highest BCUT2D eigenvalue weighted by molar-refractivity contribution is 7.81. The third-order valence-electron chi connectivity index (χ3n) is 4.56. The number of rotatable bonds is 4. The topological polar surface area (TPSA) is 24.5 Å². The Labute approximate surface area is 157 Å². The number of nitrogens with one attached hydrogen (secondary N) is 1. The van der Waals surface area contributed by atoms with Crippen LogP contribution < -0.4 is 15.0 Å². The molecule has 2 aromatic carbocycles. The lowest BCUT2D eigenvalue weighted by Crippen LogP contribution is -2.24. The van der Waals surface area contributed by atoms with E-state index in [0.717, 1.165) is 5.70 Å². The second kappa shape index (κ2) is 7.03. The minimum atomic E-state index is -2.83. The van der Waals surface area contributed by atoms with E-state index >= 15 is 0 Å². The molecule has 0 unspecified atom stereocenters. The average Bonchev–Trinajstić information content (AvgIpc) is 2.78. The fourth-order valence-electron chi connectivity index (χ4n) is 3.28. The van der Waals surface area contributed by atoms with Crippen LogP contribution in [-0.2, 0) is 5.41 Å². The molecule has 1 aliphatic heterocycles. The molecule has 3 nitrogen and oxygen atoms in total. The normalized spacial score (nSPS) is 16.7. The second-order valence-corrected chi connectivity index (χ2v) is 7.06. The number of halogens is 2. The van der Waals surface area contributed by atoms with Gasteiger partial charge in [0.05, 0.1) is 0 Å². The monoisotopic (exact) mass is 374 g/mol. The fraction of sp³-hybridized carbons (Fsp3) is 0.250. The summed E-state index contributed by atoms with van der Waals surface area (Å²) in [5, 5.41) is 3.12. The van der Waals surface area contributed by atoms with Crippen molar-refractivity contribution in [1.82, 2.24) is 0 Å². The van der Waals surface area contributed by atoms with Gasteiger partial charge in [0.25, 0.3) is 0 Å². The van der Waals surface area contributed by atoms with Gasteiger partial charge in [-0.2, -0.15) is 8.78 Å². The van der Waals surface area contributed by atoms with Gasteiger partial charge in [0.15, 0.2) is 0 Å². The van der Waals surface area contributed by atoms with Crippen molar-refractivity contribution in [3.8, 4) is 5.75 Å². The first-order valence-electron chi connectivity index (χ1n) is 8.20. The third kappa shape index (κ3) is 3.55. The number of likely N-dealkylation sites (N-methyl/N-ethyl adjacent to an activating group) is 1. The van der Waals surface area contributed by atoms with Crippen molar-refractivity contribution < 1.29 is 13.5 Å². The molecule has 3 rings (SSSR count). The summed E-state index contributed by atoms with van der Waals surface area (Å²) in [6.07, 6.45) is 1.94. The van der Waals surface area contributed by atoms with Crippen molar-refractivity contribution in [2.24, 2.45) is 0 Å². The molecule has 136 valence electrons. The largest absolute Gasteiger partial charge is 0.435 e. The number of hydrogen-bond donors (Lipinski definition) is 1. The maximum absolute atomic E-state index is 12.2. The first-order valence-corrected chi connectivity index (χ1v) is 8.61. The Kier molecular flexibility index (Phi) is 4.96. The number of benzene rings is 2. The second-order valence-electron chi connectivity index (χ2n) is 6.62. The van der Waals surface area contributed by atoms with Gasteiger partial charge in [0, 0.05) is 29.5 Å². The van der Waals surface area contributed by atoms with E-state index in [9.17, 15) is 8.78 Å². The summed E-state index contributed by atoms with van der Waals surface area (Å²) in [4.78, 5) is 2.69. The number of ether oxygens (including phenoxy) is 1. The van der Waals surface area contributed by atoms with Crippen LogP contribution in [0.5, 0.6) is 5.75 Å². The lowest BCUT2D eigenvalue weighted by molar-refractivity contribution is -0.0498. The Morgan fingerprint density at radius 1 is 1.15 bits per heavy atom. The summed E-state index contributed by atoms with van der Waals surface area (Å²) < 4.78 is 28.8. The highest BCUT2D eigenvalue weighted by Gasteiger charge is 2.38. The van der Waals surface area contributed by atoms with Crippen LogP contribution in [0, 0.1) is 0 Å². The Balaban J connectivity index is 1.77. The molecule has 0 saturated heterocycles. The van der Waals surface area contributed by atoms with Crippen LogP contribution in [0.25, 0.3) is 0 Å². The number of thiocarbonyl (C=S) groups is 1. The predicted molar refractivity (Wildman–Crippen MR) is 105 cm³/mol. The molecule has 6 heteroatoms. The van der Waals surface area contributed by atoms with Crippen LogP contribution in [-0.4, -0.2) is 18.6 Å². The first kappa shape index (κ1) is 18.3. The molecule has 26 heavy (non-hydrogen) atoms. The summed E-state index contributed by atoms with van der Waals surface area (Å²) >= 11 is 5.48. The van der Waals surface area contributed by atoms with E-state index in [1.807, 2.05) is 25.3 Å². The number of para-hydroxylation sites is 1. The molecule has 0 bridgehead atoms. The van der Waals surface area contributed by atoms with Crippen LogP contribution in [0.15, 0.2) is 60.3 Å². The molecule has 0 atom stereocenters. The van der Waals surface area contributed by atoms with E-state index in [4.69, 9.17) is 12.2 Å². The van der Waals surface area contributed by atoms with Crippen LogP contribution in [0.1, 0.15) is 19.4 Å². The molecule has 0 amide bonds. The van der Waals surface area contributed by atoms with Crippen molar-refractivity contribution >= 4 is 28.6 Å². The van der Waals surface area contributed by atoms with Gasteiger partial charge >= 0.3 is 6.61 Å². The molecular weight excluding hydrogens is 354 g/mol. The Hall–Kier alpha value is -2.47. The maximum atomic E-state index is 12.2. The standard InChI is InChI=1S/C20H20F2N2OS/c1-20(2)15-6-4-5-7-16(15)24(3)17(20)12-18(26)23-13-8-10-14(11-9-13)25-19(21)22/h4-12,19H,1-3H3,(H,23,26). The SMILES string of the molecule is CN1C(=CC(=S)Nc2ccc(OC(F)F)cc2)C(C)(C)c2ccccc21. The summed E-state index contributed by atoms with van der Waals surface area (Å²) in [5.41, 5.74) is 4.06. The van der Waals surface area contributed by atoms with Crippen molar-refractivity contribution in [3.63, 3.8) is 0 Å². The van der Waals surface area contributed by atoms with Crippen molar-refractivity contribution in [2.45, 2.75) is 25.9 Å². The lowest BCUT2D eigenvalue weighted by Gasteiger charge is -2.24. The van der Waals surface area contributed by atoms with E-state index in [1.165, 1.54) is 23.4 Å². The van der Waals surface area contributed by atoms with Gasteiger partial charge in [-0.15, -0.1) is 0 Å². The number of allylic oxidation sites excluding steroid dienone is 1. The van der Waals surface area contributed by atoms with Gasteiger partial charge in [0.2, 0.25) is 0 Å². The zero-order valence-electron chi connectivity index (χ0n) is 14.8. The average molecular weight is 374 g/mol. The molecule has 1 N–H and O–H groups in total. The highest BCUT2D eigenvalue weighted by Crippen LogP contribution is 2.46. The summed E-state index contributed by atoms with van der Waals surface area (Å²) in [5.74, 6) is 0.113. The molecule has 0 radical (unpaired) electrons. The van der Waals surface area contributed by atoms with Gasteiger partial charge in [-0.25, -0.2) is 0 Å². The molecule has 0 saturated carbocycles. The maximum Gasteiger partial charge on any atom is 0.387 e. The molecular formula is C20H20F2N2OS. The number of hydrogen-bond acceptors (Lipinski definition) is 3. The zero-order valence-corrected chi connectivity index (χ0v) is 15.6. The molecule has 0 fully saturated rings. The van der Waals surface area contributed by atoms with E-state index in [0.29, 0.717) is 10.7 Å². The van der Waals surface area contributed by atoms with Crippen LogP contribution in [0.3, 0.4) is 0 Å². The number of alkyl halides is 2. The highest BCUT2D eigenvalue weighted by atomic mass is 32.1. The molecule has 2 aromatic rings.